The molecule has 1 aromatic carbocycles. The van der Waals surface area contributed by atoms with Crippen molar-refractivity contribution in [2.75, 3.05) is 5.75 Å². The molecule has 0 aliphatic heterocycles. The van der Waals surface area contributed by atoms with Gasteiger partial charge in [0.1, 0.15) is 0 Å². The number of hydrogen-bond acceptors (Lipinski definition) is 5. The fourth-order valence-electron chi connectivity index (χ4n) is 2.34. The Hall–Kier alpha value is -2.35. The zero-order valence-electron chi connectivity index (χ0n) is 15.5. The van der Waals surface area contributed by atoms with Gasteiger partial charge in [-0.2, -0.15) is 0 Å². The molecule has 140 valence electrons. The molecule has 3 amide bonds. The summed E-state index contributed by atoms with van der Waals surface area (Å²) in [4.78, 5) is 41.0. The van der Waals surface area contributed by atoms with Gasteiger partial charge in [0.2, 0.25) is 5.91 Å². The molecule has 0 aliphatic rings. The Morgan fingerprint density at radius 2 is 1.92 bits per heavy atom. The zero-order valence-corrected chi connectivity index (χ0v) is 16.3. The van der Waals surface area contributed by atoms with Gasteiger partial charge in [-0.15, -0.1) is 0 Å². The number of fused-ring (bicyclic) bond motifs is 1. The second-order valence-electron chi connectivity index (χ2n) is 6.91. The Morgan fingerprint density at radius 1 is 1.23 bits per heavy atom. The van der Waals surface area contributed by atoms with E-state index in [-0.39, 0.29) is 11.3 Å². The van der Waals surface area contributed by atoms with E-state index in [9.17, 15) is 14.4 Å². The molecule has 7 nitrogen and oxygen atoms in total. The van der Waals surface area contributed by atoms with Crippen LogP contribution in [0.5, 0.6) is 0 Å². The van der Waals surface area contributed by atoms with Gasteiger partial charge < -0.3 is 5.32 Å². The van der Waals surface area contributed by atoms with E-state index in [2.05, 4.69) is 15.6 Å². The molecule has 2 rings (SSSR count). The van der Waals surface area contributed by atoms with E-state index in [1.807, 2.05) is 33.8 Å². The molecule has 0 fully saturated rings. The third-order valence-corrected chi connectivity index (χ3v) is 4.32. The summed E-state index contributed by atoms with van der Waals surface area (Å²) in [5.41, 5.74) is 0.0445. The number of benzene rings is 1. The topological polar surface area (TPSA) is 93.1 Å². The number of hydrogen-bond donors (Lipinski definition) is 2. The third kappa shape index (κ3) is 5.32. The molecule has 0 saturated carbocycles. The quantitative estimate of drug-likeness (QED) is 0.618. The zero-order chi connectivity index (χ0) is 19.3. The first kappa shape index (κ1) is 20.0. The molecule has 1 aromatic heterocycles. The lowest BCUT2D eigenvalue weighted by atomic mass is 10.1. The first-order valence-electron chi connectivity index (χ1n) is 8.45. The Kier molecular flexibility index (Phi) is 6.42. The van der Waals surface area contributed by atoms with Crippen molar-refractivity contribution < 1.29 is 9.59 Å². The van der Waals surface area contributed by atoms with Crippen molar-refractivity contribution in [2.45, 2.75) is 51.4 Å². The fourth-order valence-corrected chi connectivity index (χ4v) is 3.17. The average Bonchev–Trinajstić information content (AvgIpc) is 2.54. The first-order chi connectivity index (χ1) is 12.2. The lowest BCUT2D eigenvalue weighted by Crippen LogP contribution is -2.48. The van der Waals surface area contributed by atoms with Crippen molar-refractivity contribution in [1.29, 1.82) is 0 Å². The number of rotatable bonds is 5. The normalized spacial score (nSPS) is 11.4. The van der Waals surface area contributed by atoms with E-state index in [0.29, 0.717) is 22.6 Å². The van der Waals surface area contributed by atoms with Gasteiger partial charge in [0, 0.05) is 12.1 Å². The first-order valence-corrected chi connectivity index (χ1v) is 9.44. The molecule has 0 aliphatic carbocycles. The number of nitrogens with zero attached hydrogens (tertiary/aromatic N) is 2. The number of para-hydroxylation sites is 1. The van der Waals surface area contributed by atoms with Crippen LogP contribution in [0, 0.1) is 0 Å². The number of urea groups is 1. The van der Waals surface area contributed by atoms with Gasteiger partial charge in [-0.05, 0) is 39.3 Å². The molecule has 0 saturated heterocycles. The van der Waals surface area contributed by atoms with Crippen molar-refractivity contribution in [2.24, 2.45) is 0 Å². The number of aromatic nitrogens is 2. The van der Waals surface area contributed by atoms with Crippen LogP contribution in [0.1, 0.15) is 34.1 Å². The summed E-state index contributed by atoms with van der Waals surface area (Å²) in [6, 6.07) is 6.59. The summed E-state index contributed by atoms with van der Waals surface area (Å²) in [6.07, 6.45) is 0.771. The molecular weight excluding hydrogens is 352 g/mol. The lowest BCUT2D eigenvalue weighted by Gasteiger charge is -2.20. The summed E-state index contributed by atoms with van der Waals surface area (Å²) < 4.78 is 1.58. The van der Waals surface area contributed by atoms with Crippen LogP contribution >= 0.6 is 11.8 Å². The highest BCUT2D eigenvalue weighted by Gasteiger charge is 2.17. The van der Waals surface area contributed by atoms with E-state index in [1.165, 1.54) is 0 Å². The molecule has 8 heteroatoms. The highest BCUT2D eigenvalue weighted by atomic mass is 32.2. The van der Waals surface area contributed by atoms with Crippen LogP contribution in [0.4, 0.5) is 4.79 Å². The van der Waals surface area contributed by atoms with Gasteiger partial charge >= 0.3 is 6.03 Å². The Morgan fingerprint density at radius 3 is 2.58 bits per heavy atom. The van der Waals surface area contributed by atoms with Crippen molar-refractivity contribution in [3.8, 4) is 0 Å². The van der Waals surface area contributed by atoms with Gasteiger partial charge in [-0.3, -0.25) is 19.5 Å². The molecule has 2 aromatic rings. The molecule has 0 atom stereocenters. The van der Waals surface area contributed by atoms with Crippen LogP contribution < -0.4 is 16.2 Å². The van der Waals surface area contributed by atoms with Crippen LogP contribution in [0.3, 0.4) is 0 Å². The van der Waals surface area contributed by atoms with Gasteiger partial charge in [-0.25, -0.2) is 9.78 Å². The summed E-state index contributed by atoms with van der Waals surface area (Å²) in [5, 5.41) is 5.98. The second-order valence-corrected chi connectivity index (χ2v) is 7.85. The second kappa shape index (κ2) is 8.35. The highest BCUT2D eigenvalue weighted by Crippen LogP contribution is 2.18. The molecule has 0 radical (unpaired) electrons. The molecule has 2 N–H and O–H groups in total. The van der Waals surface area contributed by atoms with Crippen molar-refractivity contribution in [1.82, 2.24) is 20.2 Å². The van der Waals surface area contributed by atoms with E-state index in [0.717, 1.165) is 18.2 Å². The largest absolute Gasteiger partial charge is 0.333 e. The van der Waals surface area contributed by atoms with Crippen molar-refractivity contribution in [3.05, 3.63) is 34.6 Å². The Balaban J connectivity index is 2.15. The molecular formula is C18H24N4O3S. The minimum absolute atomic E-state index is 0.00788. The van der Waals surface area contributed by atoms with Crippen LogP contribution in [-0.4, -0.2) is 32.8 Å². The molecule has 26 heavy (non-hydrogen) atoms. The third-order valence-electron chi connectivity index (χ3n) is 3.35. The number of carbonyl (C=O) groups is 2. The van der Waals surface area contributed by atoms with Gasteiger partial charge in [-0.1, -0.05) is 30.8 Å². The van der Waals surface area contributed by atoms with Crippen LogP contribution in [-0.2, 0) is 11.3 Å². The summed E-state index contributed by atoms with van der Waals surface area (Å²) >= 11 is 1.14. The van der Waals surface area contributed by atoms with E-state index in [1.54, 1.807) is 22.8 Å². The molecule has 1 heterocycles. The van der Waals surface area contributed by atoms with Crippen molar-refractivity contribution in [3.63, 3.8) is 0 Å². The fraction of sp³-hybridized carbons (Fsp3) is 0.444. The predicted molar refractivity (Wildman–Crippen MR) is 103 cm³/mol. The molecule has 0 bridgehead atoms. The maximum absolute atomic E-state index is 12.7. The summed E-state index contributed by atoms with van der Waals surface area (Å²) in [7, 11) is 0. The molecule has 0 unspecified atom stereocenters. The number of carbonyl (C=O) groups excluding carboxylic acids is 2. The summed E-state index contributed by atoms with van der Waals surface area (Å²) in [5.74, 6) is -0.450. The monoisotopic (exact) mass is 376 g/mol. The number of imide groups is 1. The number of amides is 3. The van der Waals surface area contributed by atoms with Crippen LogP contribution in [0.25, 0.3) is 10.9 Å². The maximum Gasteiger partial charge on any atom is 0.321 e. The Labute approximate surface area is 156 Å². The minimum Gasteiger partial charge on any atom is -0.333 e. The van der Waals surface area contributed by atoms with E-state index in [4.69, 9.17) is 0 Å². The maximum atomic E-state index is 12.7. The van der Waals surface area contributed by atoms with Crippen molar-refractivity contribution >= 4 is 34.6 Å². The van der Waals surface area contributed by atoms with Gasteiger partial charge in [0.05, 0.1) is 16.7 Å². The van der Waals surface area contributed by atoms with Gasteiger partial charge in [0.15, 0.2) is 5.16 Å². The number of thioether (sulfide) groups is 1. The predicted octanol–water partition coefficient (Wildman–Crippen LogP) is 2.52. The van der Waals surface area contributed by atoms with E-state index < -0.39 is 17.5 Å². The SMILES string of the molecule is CCCn1c(SCC(=O)NC(=O)NC(C)(C)C)nc2ccccc2c1=O. The minimum atomic E-state index is -0.541. The smallest absolute Gasteiger partial charge is 0.321 e. The Bertz CT molecular complexity index is 871. The van der Waals surface area contributed by atoms with E-state index >= 15 is 0 Å². The number of nitrogens with one attached hydrogen (secondary N) is 2. The lowest BCUT2D eigenvalue weighted by molar-refractivity contribution is -0.117. The highest BCUT2D eigenvalue weighted by molar-refractivity contribution is 7.99. The average molecular weight is 376 g/mol. The molecule has 0 spiro atoms. The standard InChI is InChI=1S/C18H24N4O3S/c1-5-10-22-15(24)12-8-6-7-9-13(12)19-17(22)26-11-14(23)20-16(25)21-18(2,3)4/h6-9H,5,10-11H2,1-4H3,(H2,20,21,23,25). The summed E-state index contributed by atoms with van der Waals surface area (Å²) in [6.45, 7) is 7.97. The van der Waals surface area contributed by atoms with Gasteiger partial charge in [0.25, 0.3) is 5.56 Å². The van der Waals surface area contributed by atoms with Crippen LogP contribution in [0.2, 0.25) is 0 Å². The van der Waals surface area contributed by atoms with Crippen LogP contribution in [0.15, 0.2) is 34.2 Å².